The first kappa shape index (κ1) is 16.9. The highest BCUT2D eigenvalue weighted by molar-refractivity contribution is 6.04. The molecule has 0 radical (unpaired) electrons. The molecule has 1 heterocycles. The van der Waals surface area contributed by atoms with Gasteiger partial charge in [-0.1, -0.05) is 0 Å². The molecule has 0 spiro atoms. The van der Waals surface area contributed by atoms with Gasteiger partial charge in [0.05, 0.1) is 12.2 Å². The lowest BCUT2D eigenvalue weighted by atomic mass is 10.2. The summed E-state index contributed by atoms with van der Waals surface area (Å²) in [6, 6.07) is 8.46. The molecule has 0 atom stereocenters. The lowest BCUT2D eigenvalue weighted by Gasteiger charge is -2.07. The Labute approximate surface area is 144 Å². The van der Waals surface area contributed by atoms with Gasteiger partial charge in [0.2, 0.25) is 5.88 Å². The molecule has 0 aliphatic heterocycles. The van der Waals surface area contributed by atoms with E-state index in [4.69, 9.17) is 9.47 Å². The van der Waals surface area contributed by atoms with Gasteiger partial charge < -0.3 is 14.8 Å². The maximum atomic E-state index is 12.8. The number of amides is 1. The van der Waals surface area contributed by atoms with Crippen LogP contribution in [0.1, 0.15) is 23.2 Å². The van der Waals surface area contributed by atoms with Gasteiger partial charge in [-0.15, -0.1) is 0 Å². The second-order valence-electron chi connectivity index (χ2n) is 5.76. The first-order chi connectivity index (χ1) is 12.1. The van der Waals surface area contributed by atoms with Crippen LogP contribution in [0.5, 0.6) is 5.88 Å². The second kappa shape index (κ2) is 7.74. The zero-order valence-corrected chi connectivity index (χ0v) is 13.4. The van der Waals surface area contributed by atoms with Crippen LogP contribution in [0.3, 0.4) is 0 Å². The van der Waals surface area contributed by atoms with Gasteiger partial charge in [0.25, 0.3) is 5.91 Å². The zero-order valence-electron chi connectivity index (χ0n) is 13.4. The number of hydrogen-bond acceptors (Lipinski definition) is 5. The molecule has 130 valence electrons. The fraction of sp³-hybridized carbons (Fsp3) is 0.278. The third-order valence-electron chi connectivity index (χ3n) is 3.62. The standard InChI is InChI=1S/C18H17FN2O4/c19-14-4-6-15(7-5-14)21-18(23)13-3-8-16(20-9-13)24-11-17(22)25-10-12-1-2-12/h3-9,12H,1-2,10-11H2,(H,21,23). The van der Waals surface area contributed by atoms with Crippen LogP contribution in [0.15, 0.2) is 42.6 Å². The Bertz CT molecular complexity index is 743. The molecule has 1 N–H and O–H groups in total. The van der Waals surface area contributed by atoms with Crippen molar-refractivity contribution in [3.8, 4) is 5.88 Å². The molecular weight excluding hydrogens is 327 g/mol. The van der Waals surface area contributed by atoms with Crippen LogP contribution in [0.25, 0.3) is 0 Å². The molecule has 1 saturated carbocycles. The topological polar surface area (TPSA) is 77.5 Å². The van der Waals surface area contributed by atoms with Crippen LogP contribution in [-0.2, 0) is 9.53 Å². The van der Waals surface area contributed by atoms with Crippen molar-refractivity contribution in [2.24, 2.45) is 5.92 Å². The van der Waals surface area contributed by atoms with E-state index in [0.717, 1.165) is 12.8 Å². The monoisotopic (exact) mass is 344 g/mol. The Kier molecular flexibility index (Phi) is 5.23. The van der Waals surface area contributed by atoms with E-state index in [-0.39, 0.29) is 24.2 Å². The van der Waals surface area contributed by atoms with E-state index in [9.17, 15) is 14.0 Å². The molecule has 6 nitrogen and oxygen atoms in total. The van der Waals surface area contributed by atoms with Crippen LogP contribution < -0.4 is 10.1 Å². The number of rotatable bonds is 7. The molecule has 3 rings (SSSR count). The Morgan fingerprint density at radius 1 is 1.16 bits per heavy atom. The number of carbonyl (C=O) groups is 2. The van der Waals surface area contributed by atoms with Gasteiger partial charge >= 0.3 is 5.97 Å². The molecule has 1 amide bonds. The van der Waals surface area contributed by atoms with Gasteiger partial charge in [-0.3, -0.25) is 4.79 Å². The first-order valence-corrected chi connectivity index (χ1v) is 7.91. The minimum atomic E-state index is -0.438. The molecule has 0 bridgehead atoms. The number of ether oxygens (including phenoxy) is 2. The van der Waals surface area contributed by atoms with Crippen molar-refractivity contribution >= 4 is 17.6 Å². The molecule has 2 aromatic rings. The Morgan fingerprint density at radius 2 is 1.92 bits per heavy atom. The maximum Gasteiger partial charge on any atom is 0.344 e. The van der Waals surface area contributed by atoms with E-state index in [2.05, 4.69) is 10.3 Å². The number of esters is 1. The van der Waals surface area contributed by atoms with Crippen LogP contribution >= 0.6 is 0 Å². The van der Waals surface area contributed by atoms with Crippen molar-refractivity contribution in [1.82, 2.24) is 4.98 Å². The number of nitrogens with zero attached hydrogens (tertiary/aromatic N) is 1. The summed E-state index contributed by atoms with van der Waals surface area (Å²) in [5.41, 5.74) is 0.790. The third-order valence-corrected chi connectivity index (χ3v) is 3.62. The van der Waals surface area contributed by atoms with Crippen molar-refractivity contribution in [1.29, 1.82) is 0 Å². The SMILES string of the molecule is O=C(COc1ccc(C(=O)Nc2ccc(F)cc2)cn1)OCC1CC1. The zero-order chi connectivity index (χ0) is 17.6. The van der Waals surface area contributed by atoms with Crippen molar-refractivity contribution in [2.75, 3.05) is 18.5 Å². The van der Waals surface area contributed by atoms with Crippen molar-refractivity contribution in [3.05, 3.63) is 54.0 Å². The number of benzene rings is 1. The molecule has 1 aliphatic carbocycles. The van der Waals surface area contributed by atoms with E-state index in [1.807, 2.05) is 0 Å². The largest absolute Gasteiger partial charge is 0.466 e. The predicted molar refractivity (Wildman–Crippen MR) is 87.8 cm³/mol. The second-order valence-corrected chi connectivity index (χ2v) is 5.76. The van der Waals surface area contributed by atoms with Crippen LogP contribution in [0.2, 0.25) is 0 Å². The number of aromatic nitrogens is 1. The van der Waals surface area contributed by atoms with Gasteiger partial charge in [0.15, 0.2) is 6.61 Å². The minimum absolute atomic E-state index is 0.221. The van der Waals surface area contributed by atoms with E-state index < -0.39 is 5.97 Å². The third kappa shape index (κ3) is 5.27. The molecule has 7 heteroatoms. The predicted octanol–water partition coefficient (Wildman–Crippen LogP) is 2.81. The fourth-order valence-corrected chi connectivity index (χ4v) is 2.01. The number of nitrogens with one attached hydrogen (secondary N) is 1. The summed E-state index contributed by atoms with van der Waals surface area (Å²) in [7, 11) is 0. The average molecular weight is 344 g/mol. The summed E-state index contributed by atoms with van der Waals surface area (Å²) in [6.07, 6.45) is 3.55. The molecule has 0 unspecified atom stereocenters. The van der Waals surface area contributed by atoms with Gasteiger partial charge in [-0.25, -0.2) is 14.2 Å². The van der Waals surface area contributed by atoms with Gasteiger partial charge in [-0.05, 0) is 49.1 Å². The van der Waals surface area contributed by atoms with Crippen LogP contribution in [0, 0.1) is 11.7 Å². The number of anilines is 1. The summed E-state index contributed by atoms with van der Waals surface area (Å²) in [4.78, 5) is 27.5. The highest BCUT2D eigenvalue weighted by atomic mass is 19.1. The molecule has 1 fully saturated rings. The minimum Gasteiger partial charge on any atom is -0.466 e. The van der Waals surface area contributed by atoms with Gasteiger partial charge in [-0.2, -0.15) is 0 Å². The van der Waals surface area contributed by atoms with E-state index >= 15 is 0 Å². The first-order valence-electron chi connectivity index (χ1n) is 7.91. The lowest BCUT2D eigenvalue weighted by molar-refractivity contribution is -0.146. The number of hydrogen-bond donors (Lipinski definition) is 1. The molecule has 1 aromatic heterocycles. The number of pyridine rings is 1. The quantitative estimate of drug-likeness (QED) is 0.782. The lowest BCUT2D eigenvalue weighted by Crippen LogP contribution is -2.17. The van der Waals surface area contributed by atoms with E-state index in [0.29, 0.717) is 23.8 Å². The smallest absolute Gasteiger partial charge is 0.344 e. The van der Waals surface area contributed by atoms with Gasteiger partial charge in [0.1, 0.15) is 5.82 Å². The Hall–Kier alpha value is -2.96. The van der Waals surface area contributed by atoms with Gasteiger partial charge in [0, 0.05) is 18.0 Å². The highest BCUT2D eigenvalue weighted by Gasteiger charge is 2.23. The molecule has 1 aliphatic rings. The Morgan fingerprint density at radius 3 is 2.56 bits per heavy atom. The van der Waals surface area contributed by atoms with Crippen molar-refractivity contribution < 1.29 is 23.5 Å². The Balaban J connectivity index is 1.48. The number of halogens is 1. The number of carbonyl (C=O) groups excluding carboxylic acids is 2. The normalized spacial score (nSPS) is 13.2. The molecule has 0 saturated heterocycles. The van der Waals surface area contributed by atoms with E-state index in [1.165, 1.54) is 42.6 Å². The van der Waals surface area contributed by atoms with Crippen molar-refractivity contribution in [2.45, 2.75) is 12.8 Å². The molecule has 1 aromatic carbocycles. The summed E-state index contributed by atoms with van der Waals surface area (Å²) >= 11 is 0. The molecular formula is C18H17FN2O4. The summed E-state index contributed by atoms with van der Waals surface area (Å²) in [5, 5.41) is 2.63. The summed E-state index contributed by atoms with van der Waals surface area (Å²) < 4.78 is 23.1. The van der Waals surface area contributed by atoms with E-state index in [1.54, 1.807) is 0 Å². The average Bonchev–Trinajstić information content (AvgIpc) is 3.45. The van der Waals surface area contributed by atoms with Crippen LogP contribution in [-0.4, -0.2) is 30.1 Å². The van der Waals surface area contributed by atoms with Crippen molar-refractivity contribution in [3.63, 3.8) is 0 Å². The highest BCUT2D eigenvalue weighted by Crippen LogP contribution is 2.28. The summed E-state index contributed by atoms with van der Waals surface area (Å²) in [6.45, 7) is 0.221. The summed E-state index contributed by atoms with van der Waals surface area (Å²) in [5.74, 6) is -0.471. The van der Waals surface area contributed by atoms with Crippen LogP contribution in [0.4, 0.5) is 10.1 Å². The maximum absolute atomic E-state index is 12.8. The molecule has 25 heavy (non-hydrogen) atoms. The fourth-order valence-electron chi connectivity index (χ4n) is 2.01.